The van der Waals surface area contributed by atoms with E-state index in [9.17, 15) is 24.0 Å². The molecule has 1 atom stereocenters. The first kappa shape index (κ1) is 41.7. The van der Waals surface area contributed by atoms with Crippen LogP contribution in [0.4, 0.5) is 11.4 Å². The average molecular weight is 809 g/mol. The minimum Gasteiger partial charge on any atom is -0.481 e. The number of carbonyl (C=O) groups excluding carboxylic acids is 2. The Balaban J connectivity index is 0.000000163. The molecule has 1 unspecified atom stereocenters. The summed E-state index contributed by atoms with van der Waals surface area (Å²) in [7, 11) is 1.71. The fourth-order valence-corrected chi connectivity index (χ4v) is 6.80. The minimum atomic E-state index is -0.907. The quantitative estimate of drug-likeness (QED) is 0.0935. The summed E-state index contributed by atoms with van der Waals surface area (Å²) >= 11 is 12.1. The first-order chi connectivity index (χ1) is 27.2. The van der Waals surface area contributed by atoms with Crippen molar-refractivity contribution in [1.29, 1.82) is 0 Å². The molecule has 6 aromatic rings. The maximum atomic E-state index is 12.4. The second-order valence-electron chi connectivity index (χ2n) is 13.2. The Bertz CT molecular complexity index is 2400. The van der Waals surface area contributed by atoms with Gasteiger partial charge >= 0.3 is 17.9 Å². The van der Waals surface area contributed by atoms with E-state index in [1.54, 1.807) is 96.5 Å². The number of aromatic nitrogens is 2. The maximum absolute atomic E-state index is 12.4. The summed E-state index contributed by atoms with van der Waals surface area (Å²) < 4.78 is 3.46. The Hall–Kier alpha value is -6.43. The van der Waals surface area contributed by atoms with Crippen molar-refractivity contribution < 1.29 is 39.3 Å². The molecule has 13 heteroatoms. The van der Waals surface area contributed by atoms with Crippen LogP contribution in [0.3, 0.4) is 0 Å². The molecule has 2 aromatic heterocycles. The summed E-state index contributed by atoms with van der Waals surface area (Å²) in [5.41, 5.74) is 6.67. The van der Waals surface area contributed by atoms with Crippen LogP contribution in [0.5, 0.6) is 0 Å². The number of ketones is 2. The Kier molecular flexibility index (Phi) is 13.9. The van der Waals surface area contributed by atoms with Crippen LogP contribution >= 0.6 is 23.2 Å². The number of aliphatic carboxylic acids is 3. The van der Waals surface area contributed by atoms with Crippen molar-refractivity contribution in [3.63, 3.8) is 0 Å². The lowest BCUT2D eigenvalue weighted by atomic mass is 10.1. The third kappa shape index (κ3) is 10.5. The second-order valence-corrected chi connectivity index (χ2v) is 14.0. The van der Waals surface area contributed by atoms with Gasteiger partial charge < -0.3 is 29.8 Å². The molecule has 292 valence electrons. The standard InChI is InChI=1S/C15H13NO3.C15H15NO3.C14H11Cl2NO2/c17-14(10-4-2-1-3-5-10)13-7-6-12-11(15(18)19)8-9-16(12)13;1-10-3-5-11(6-4-10)15(19)13-8-7-12(16(13)2)9-14(17)18;15-10-5-3-6-11(16)14(10)17-12-7-2-1-4-9(12)8-13(18)19/h1-7,11H,8-9H2,(H,18,19);3-8H,9H2,1-2H3,(H,17,18);1-7,17H,8H2,(H,18,19). The van der Waals surface area contributed by atoms with Gasteiger partial charge in [-0.2, -0.15) is 0 Å². The first-order valence-corrected chi connectivity index (χ1v) is 18.5. The Morgan fingerprint density at radius 3 is 1.88 bits per heavy atom. The highest BCUT2D eigenvalue weighted by Gasteiger charge is 2.31. The predicted molar refractivity (Wildman–Crippen MR) is 218 cm³/mol. The van der Waals surface area contributed by atoms with Gasteiger partial charge in [-0.15, -0.1) is 0 Å². The van der Waals surface area contributed by atoms with Gasteiger partial charge in [0, 0.05) is 41.8 Å². The fraction of sp³-hybridized carbons (Fsp3) is 0.159. The number of para-hydroxylation sites is 2. The topological polar surface area (TPSA) is 168 Å². The zero-order valence-corrected chi connectivity index (χ0v) is 32.5. The number of fused-ring (bicyclic) bond motifs is 1. The Morgan fingerprint density at radius 2 is 1.25 bits per heavy atom. The van der Waals surface area contributed by atoms with Crippen LogP contribution in [0.15, 0.2) is 121 Å². The molecule has 0 fully saturated rings. The van der Waals surface area contributed by atoms with Gasteiger partial charge in [0.25, 0.3) is 0 Å². The van der Waals surface area contributed by atoms with Gasteiger partial charge in [-0.1, -0.05) is 108 Å². The molecule has 0 saturated heterocycles. The van der Waals surface area contributed by atoms with Crippen LogP contribution in [0, 0.1) is 6.92 Å². The average Bonchev–Trinajstić information content (AvgIpc) is 3.90. The zero-order valence-electron chi connectivity index (χ0n) is 31.0. The van der Waals surface area contributed by atoms with Crippen molar-refractivity contribution >= 4 is 64.1 Å². The molecular weight excluding hydrogens is 769 g/mol. The molecule has 0 aliphatic carbocycles. The van der Waals surface area contributed by atoms with E-state index in [1.807, 2.05) is 47.9 Å². The van der Waals surface area contributed by atoms with Crippen molar-refractivity contribution in [3.05, 3.63) is 176 Å². The number of anilines is 2. The number of rotatable bonds is 11. The lowest BCUT2D eigenvalue weighted by Gasteiger charge is -2.13. The number of nitrogens with zero attached hydrogens (tertiary/aromatic N) is 2. The molecule has 57 heavy (non-hydrogen) atoms. The van der Waals surface area contributed by atoms with Gasteiger partial charge in [0.15, 0.2) is 0 Å². The normalized spacial score (nSPS) is 12.6. The first-order valence-electron chi connectivity index (χ1n) is 17.8. The van der Waals surface area contributed by atoms with Crippen LogP contribution in [0.1, 0.15) is 67.0 Å². The van der Waals surface area contributed by atoms with E-state index in [1.165, 1.54) is 0 Å². The number of carboxylic acids is 3. The van der Waals surface area contributed by atoms with Gasteiger partial charge in [-0.05, 0) is 61.4 Å². The van der Waals surface area contributed by atoms with E-state index in [0.717, 1.165) is 11.3 Å². The molecule has 7 rings (SSSR count). The third-order valence-electron chi connectivity index (χ3n) is 9.27. The molecule has 4 N–H and O–H groups in total. The maximum Gasteiger partial charge on any atom is 0.312 e. The van der Waals surface area contributed by atoms with Crippen molar-refractivity contribution in [2.75, 3.05) is 5.32 Å². The lowest BCUT2D eigenvalue weighted by Crippen LogP contribution is -2.11. The predicted octanol–water partition coefficient (Wildman–Crippen LogP) is 8.85. The zero-order chi connectivity index (χ0) is 41.2. The highest BCUT2D eigenvalue weighted by atomic mass is 35.5. The molecule has 0 saturated carbocycles. The molecule has 0 radical (unpaired) electrons. The lowest BCUT2D eigenvalue weighted by molar-refractivity contribution is -0.139. The van der Waals surface area contributed by atoms with E-state index in [-0.39, 0.29) is 24.4 Å². The van der Waals surface area contributed by atoms with Crippen LogP contribution in [-0.2, 0) is 40.8 Å². The van der Waals surface area contributed by atoms with Gasteiger partial charge in [-0.3, -0.25) is 24.0 Å². The third-order valence-corrected chi connectivity index (χ3v) is 9.90. The molecule has 3 heterocycles. The summed E-state index contributed by atoms with van der Waals surface area (Å²) in [5, 5.41) is 30.9. The highest BCUT2D eigenvalue weighted by Crippen LogP contribution is 2.34. The molecule has 1 aliphatic rings. The highest BCUT2D eigenvalue weighted by molar-refractivity contribution is 6.39. The monoisotopic (exact) mass is 807 g/mol. The molecular formula is C44H39Cl2N3O8. The number of benzene rings is 4. The number of halogens is 2. The molecule has 0 bridgehead atoms. The van der Waals surface area contributed by atoms with E-state index < -0.39 is 23.8 Å². The van der Waals surface area contributed by atoms with E-state index >= 15 is 0 Å². The van der Waals surface area contributed by atoms with Crippen molar-refractivity contribution in [1.82, 2.24) is 9.13 Å². The van der Waals surface area contributed by atoms with Crippen LogP contribution < -0.4 is 5.32 Å². The summed E-state index contributed by atoms with van der Waals surface area (Å²) in [6.45, 7) is 2.55. The van der Waals surface area contributed by atoms with Gasteiger partial charge in [0.1, 0.15) is 0 Å². The number of hydrogen-bond donors (Lipinski definition) is 4. The second kappa shape index (κ2) is 18.9. The largest absolute Gasteiger partial charge is 0.481 e. The molecule has 1 aliphatic heterocycles. The van der Waals surface area contributed by atoms with Gasteiger partial charge in [0.05, 0.1) is 45.9 Å². The number of carbonyl (C=O) groups is 5. The van der Waals surface area contributed by atoms with Crippen molar-refractivity contribution in [3.8, 4) is 0 Å². The Morgan fingerprint density at radius 1 is 0.667 bits per heavy atom. The summed E-state index contributed by atoms with van der Waals surface area (Å²) in [4.78, 5) is 57.3. The number of aryl methyl sites for hydroxylation is 1. The molecule has 4 aromatic carbocycles. The smallest absolute Gasteiger partial charge is 0.312 e. The molecule has 11 nitrogen and oxygen atoms in total. The van der Waals surface area contributed by atoms with Gasteiger partial charge in [0.2, 0.25) is 11.6 Å². The number of carboxylic acid groups (broad SMARTS) is 3. The van der Waals surface area contributed by atoms with Crippen LogP contribution in [0.2, 0.25) is 10.0 Å². The van der Waals surface area contributed by atoms with Crippen molar-refractivity contribution in [2.24, 2.45) is 7.05 Å². The number of hydrogen-bond acceptors (Lipinski definition) is 6. The van der Waals surface area contributed by atoms with E-state index in [2.05, 4.69) is 5.32 Å². The Labute approximate surface area is 338 Å². The fourth-order valence-electron chi connectivity index (χ4n) is 6.31. The van der Waals surface area contributed by atoms with E-state index in [0.29, 0.717) is 68.2 Å². The number of nitrogens with one attached hydrogen (secondary N) is 1. The molecule has 0 amide bonds. The minimum absolute atomic E-state index is 0.0575. The van der Waals surface area contributed by atoms with Gasteiger partial charge in [-0.25, -0.2) is 0 Å². The van der Waals surface area contributed by atoms with E-state index in [4.69, 9.17) is 38.5 Å². The van der Waals surface area contributed by atoms with Crippen molar-refractivity contribution in [2.45, 2.75) is 38.6 Å². The molecule has 0 spiro atoms. The van der Waals surface area contributed by atoms with Crippen LogP contribution in [-0.4, -0.2) is 53.9 Å². The summed E-state index contributed by atoms with van der Waals surface area (Å²) in [6, 6.07) is 35.5. The summed E-state index contributed by atoms with van der Waals surface area (Å²) in [5.74, 6) is -3.26. The van der Waals surface area contributed by atoms with Crippen LogP contribution in [0.25, 0.3) is 0 Å². The SMILES string of the molecule is Cc1ccc(C(=O)c2ccc(CC(=O)O)n2C)cc1.O=C(O)Cc1ccccc1Nc1c(Cl)cccc1Cl.O=C(c1ccccc1)c1ccc2n1CCC2C(=O)O. The summed E-state index contributed by atoms with van der Waals surface area (Å²) in [6.07, 6.45) is 0.406.